The maximum absolute atomic E-state index is 12.7. The van der Waals surface area contributed by atoms with E-state index in [-0.39, 0.29) is 5.78 Å². The van der Waals surface area contributed by atoms with Crippen molar-refractivity contribution >= 4 is 34.4 Å². The Kier molecular flexibility index (Phi) is 4.34. The third-order valence-electron chi connectivity index (χ3n) is 4.84. The van der Waals surface area contributed by atoms with Crippen LogP contribution in [0.4, 0.5) is 0 Å². The van der Waals surface area contributed by atoms with Gasteiger partial charge in [0.25, 0.3) is 0 Å². The molecule has 4 nitrogen and oxygen atoms in total. The third-order valence-corrected chi connectivity index (χ3v) is 5.08. The molecule has 4 aromatic rings. The second-order valence-electron chi connectivity index (χ2n) is 6.81. The topological polar surface area (TPSA) is 51.3 Å². The Balaban J connectivity index is 1.38. The summed E-state index contributed by atoms with van der Waals surface area (Å²) in [6.07, 6.45) is 3.64. The number of benzene rings is 3. The van der Waals surface area contributed by atoms with Crippen LogP contribution in [0.2, 0.25) is 5.02 Å². The number of hydrogen-bond donors (Lipinski definition) is 1. The molecule has 0 aliphatic carbocycles. The van der Waals surface area contributed by atoms with Crippen molar-refractivity contribution in [1.29, 1.82) is 0 Å². The van der Waals surface area contributed by atoms with Gasteiger partial charge < -0.3 is 14.5 Å². The molecule has 1 N–H and O–H groups in total. The van der Waals surface area contributed by atoms with Crippen LogP contribution in [0, 0.1) is 0 Å². The maximum Gasteiger partial charge on any atom is 0.231 e. The smallest absolute Gasteiger partial charge is 0.231 e. The molecule has 29 heavy (non-hydrogen) atoms. The fourth-order valence-electron chi connectivity index (χ4n) is 3.41. The first kappa shape index (κ1) is 17.6. The normalized spacial score (nSPS) is 14.2. The average Bonchev–Trinajstić information content (AvgIpc) is 3.28. The van der Waals surface area contributed by atoms with Crippen LogP contribution in [0.1, 0.15) is 21.5 Å². The molecular formula is C24H16ClNO3. The van der Waals surface area contributed by atoms with Gasteiger partial charge in [0, 0.05) is 33.8 Å². The van der Waals surface area contributed by atoms with Gasteiger partial charge in [-0.2, -0.15) is 0 Å². The summed E-state index contributed by atoms with van der Waals surface area (Å²) in [5.74, 6) is 1.30. The molecule has 0 saturated heterocycles. The van der Waals surface area contributed by atoms with Gasteiger partial charge in [0.1, 0.15) is 18.1 Å². The van der Waals surface area contributed by atoms with Gasteiger partial charge in [0.15, 0.2) is 5.76 Å². The summed E-state index contributed by atoms with van der Waals surface area (Å²) in [6, 6.07) is 20.7. The Morgan fingerprint density at radius 1 is 1.03 bits per heavy atom. The maximum atomic E-state index is 12.7. The molecule has 0 fully saturated rings. The Morgan fingerprint density at radius 3 is 2.83 bits per heavy atom. The first-order chi connectivity index (χ1) is 14.2. The number of aromatic amines is 1. The number of hydrogen-bond acceptors (Lipinski definition) is 3. The minimum Gasteiger partial charge on any atom is -0.489 e. The second kappa shape index (κ2) is 7.15. The van der Waals surface area contributed by atoms with E-state index in [4.69, 9.17) is 21.1 Å². The van der Waals surface area contributed by atoms with Crippen molar-refractivity contribution < 1.29 is 14.3 Å². The van der Waals surface area contributed by atoms with Crippen LogP contribution in [-0.4, -0.2) is 10.8 Å². The van der Waals surface area contributed by atoms with E-state index in [2.05, 4.69) is 4.98 Å². The van der Waals surface area contributed by atoms with E-state index in [0.717, 1.165) is 22.0 Å². The molecule has 142 valence electrons. The van der Waals surface area contributed by atoms with E-state index in [9.17, 15) is 4.79 Å². The van der Waals surface area contributed by atoms with Crippen LogP contribution in [-0.2, 0) is 6.61 Å². The molecule has 0 unspecified atom stereocenters. The lowest BCUT2D eigenvalue weighted by Gasteiger charge is -2.07. The van der Waals surface area contributed by atoms with Crippen LogP contribution in [0.25, 0.3) is 17.0 Å². The van der Waals surface area contributed by atoms with Crippen LogP contribution < -0.4 is 9.47 Å². The summed E-state index contributed by atoms with van der Waals surface area (Å²) in [5.41, 5.74) is 3.43. The Morgan fingerprint density at radius 2 is 1.93 bits per heavy atom. The SMILES string of the molecule is O=C1/C(=C\c2c[nH]c3ccccc23)Oc2cc(OCc3cccc(Cl)c3)ccc21. The first-order valence-electron chi connectivity index (χ1n) is 9.19. The molecule has 5 heteroatoms. The van der Waals surface area contributed by atoms with Crippen molar-refractivity contribution in [3.8, 4) is 11.5 Å². The molecule has 0 saturated carbocycles. The number of rotatable bonds is 4. The number of Topliss-reactive ketones (excluding diaryl/α,β-unsaturated/α-hetero) is 1. The standard InChI is InChI=1S/C24H16ClNO3/c25-17-5-3-4-15(10-17)14-28-18-8-9-20-22(12-18)29-23(24(20)27)11-16-13-26-21-7-2-1-6-19(16)21/h1-13,26H,14H2/b23-11+. The van der Waals surface area contributed by atoms with Crippen LogP contribution >= 0.6 is 11.6 Å². The summed E-state index contributed by atoms with van der Waals surface area (Å²) in [6.45, 7) is 0.380. The monoisotopic (exact) mass is 401 g/mol. The molecule has 0 bridgehead atoms. The highest BCUT2D eigenvalue weighted by atomic mass is 35.5. The van der Waals surface area contributed by atoms with E-state index in [0.29, 0.717) is 34.5 Å². The quantitative estimate of drug-likeness (QED) is 0.425. The van der Waals surface area contributed by atoms with Crippen molar-refractivity contribution in [3.05, 3.63) is 100 Å². The summed E-state index contributed by atoms with van der Waals surface area (Å²) >= 11 is 6.01. The number of ketones is 1. The zero-order valence-corrected chi connectivity index (χ0v) is 16.1. The molecule has 0 radical (unpaired) electrons. The summed E-state index contributed by atoms with van der Waals surface area (Å²) in [5, 5.41) is 1.71. The fourth-order valence-corrected chi connectivity index (χ4v) is 3.62. The van der Waals surface area contributed by atoms with Gasteiger partial charge in [0.05, 0.1) is 5.56 Å². The fraction of sp³-hybridized carbons (Fsp3) is 0.0417. The second-order valence-corrected chi connectivity index (χ2v) is 7.24. The van der Waals surface area contributed by atoms with Gasteiger partial charge in [-0.3, -0.25) is 4.79 Å². The number of ether oxygens (including phenoxy) is 2. The van der Waals surface area contributed by atoms with Crippen molar-refractivity contribution in [2.45, 2.75) is 6.61 Å². The molecule has 1 aliphatic rings. The minimum atomic E-state index is -0.133. The number of halogens is 1. The number of aromatic nitrogens is 1. The van der Waals surface area contributed by atoms with Crippen LogP contribution in [0.5, 0.6) is 11.5 Å². The summed E-state index contributed by atoms with van der Waals surface area (Å²) in [7, 11) is 0. The largest absolute Gasteiger partial charge is 0.489 e. The van der Waals surface area contributed by atoms with Gasteiger partial charge in [-0.1, -0.05) is 41.9 Å². The molecule has 1 aliphatic heterocycles. The minimum absolute atomic E-state index is 0.133. The van der Waals surface area contributed by atoms with Gasteiger partial charge in [0.2, 0.25) is 5.78 Å². The number of carbonyl (C=O) groups excluding carboxylic acids is 1. The average molecular weight is 402 g/mol. The van der Waals surface area contributed by atoms with Gasteiger partial charge in [-0.15, -0.1) is 0 Å². The van der Waals surface area contributed by atoms with E-state index < -0.39 is 0 Å². The number of nitrogens with one attached hydrogen (secondary N) is 1. The Bertz CT molecular complexity index is 1270. The van der Waals surface area contributed by atoms with Gasteiger partial charge >= 0.3 is 0 Å². The molecule has 2 heterocycles. The van der Waals surface area contributed by atoms with Crippen molar-refractivity contribution in [1.82, 2.24) is 4.98 Å². The van der Waals surface area contributed by atoms with Gasteiger partial charge in [-0.05, 0) is 42.0 Å². The molecule has 5 rings (SSSR count). The predicted molar refractivity (Wildman–Crippen MR) is 113 cm³/mol. The molecule has 1 aromatic heterocycles. The molecule has 0 atom stereocenters. The predicted octanol–water partition coefficient (Wildman–Crippen LogP) is 6.02. The van der Waals surface area contributed by atoms with E-state index in [1.165, 1.54) is 0 Å². The highest BCUT2D eigenvalue weighted by Crippen LogP contribution is 2.35. The van der Waals surface area contributed by atoms with Crippen molar-refractivity contribution in [2.24, 2.45) is 0 Å². The molecule has 0 amide bonds. The molecular weight excluding hydrogens is 386 g/mol. The summed E-state index contributed by atoms with van der Waals surface area (Å²) in [4.78, 5) is 15.9. The Labute approximate surface area is 172 Å². The highest BCUT2D eigenvalue weighted by molar-refractivity contribution is 6.30. The summed E-state index contributed by atoms with van der Waals surface area (Å²) < 4.78 is 11.7. The van der Waals surface area contributed by atoms with Crippen molar-refractivity contribution in [2.75, 3.05) is 0 Å². The zero-order chi connectivity index (χ0) is 19.8. The number of carbonyl (C=O) groups is 1. The third kappa shape index (κ3) is 3.39. The lowest BCUT2D eigenvalue weighted by molar-refractivity contribution is 0.101. The van der Waals surface area contributed by atoms with E-state index in [1.807, 2.05) is 54.7 Å². The number of para-hydroxylation sites is 1. The Hall–Kier alpha value is -3.50. The number of H-pyrrole nitrogens is 1. The number of allylic oxidation sites excluding steroid dienone is 1. The zero-order valence-electron chi connectivity index (χ0n) is 15.3. The van der Waals surface area contributed by atoms with Crippen molar-refractivity contribution in [3.63, 3.8) is 0 Å². The van der Waals surface area contributed by atoms with Crippen LogP contribution in [0.3, 0.4) is 0 Å². The van der Waals surface area contributed by atoms with E-state index >= 15 is 0 Å². The van der Waals surface area contributed by atoms with Gasteiger partial charge in [-0.25, -0.2) is 0 Å². The molecule has 0 spiro atoms. The number of fused-ring (bicyclic) bond motifs is 2. The highest BCUT2D eigenvalue weighted by Gasteiger charge is 2.28. The molecule has 3 aromatic carbocycles. The van der Waals surface area contributed by atoms with E-state index in [1.54, 1.807) is 24.3 Å². The first-order valence-corrected chi connectivity index (χ1v) is 9.57. The van der Waals surface area contributed by atoms with Crippen LogP contribution in [0.15, 0.2) is 78.7 Å². The lowest BCUT2D eigenvalue weighted by Crippen LogP contribution is -1.97. The lowest BCUT2D eigenvalue weighted by atomic mass is 10.1.